The summed E-state index contributed by atoms with van der Waals surface area (Å²) in [6.45, 7) is 4.25. The van der Waals surface area contributed by atoms with Gasteiger partial charge in [0.05, 0.1) is 11.2 Å². The third-order valence-electron chi connectivity index (χ3n) is 4.10. The Morgan fingerprint density at radius 3 is 2.77 bits per heavy atom. The number of aryl methyl sites for hydroxylation is 1. The van der Waals surface area contributed by atoms with Crippen LogP contribution in [0.15, 0.2) is 59.1 Å². The zero-order chi connectivity index (χ0) is 18.5. The number of nitrogens with zero attached hydrogens (tertiary/aromatic N) is 1. The van der Waals surface area contributed by atoms with Crippen molar-refractivity contribution in [2.24, 2.45) is 0 Å². The lowest BCUT2D eigenvalue weighted by Gasteiger charge is -2.09. The van der Waals surface area contributed by atoms with Crippen molar-refractivity contribution in [1.82, 2.24) is 4.98 Å². The number of halogens is 1. The van der Waals surface area contributed by atoms with Crippen LogP contribution in [0.3, 0.4) is 0 Å². The second-order valence-electron chi connectivity index (χ2n) is 6.43. The van der Waals surface area contributed by atoms with Crippen molar-refractivity contribution in [3.8, 4) is 11.3 Å². The molecule has 1 amide bonds. The molecule has 0 spiro atoms. The number of hydrogen-bond donors (Lipinski definition) is 1. The first-order valence-electron chi connectivity index (χ1n) is 8.62. The molecule has 0 radical (unpaired) electrons. The fourth-order valence-corrected chi connectivity index (χ4v) is 2.86. The Hall–Kier alpha value is -2.59. The predicted octanol–water partition coefficient (Wildman–Crippen LogP) is 5.69. The minimum atomic E-state index is -0.0663. The Labute approximate surface area is 158 Å². The van der Waals surface area contributed by atoms with Crippen LogP contribution < -0.4 is 5.32 Å². The molecule has 1 aromatic heterocycles. The zero-order valence-electron chi connectivity index (χ0n) is 14.8. The number of carbonyl (C=O) groups excluding carboxylic acids is 1. The first-order chi connectivity index (χ1) is 12.5. The molecule has 0 aliphatic rings. The minimum Gasteiger partial charge on any atom is -0.441 e. The topological polar surface area (TPSA) is 55.1 Å². The van der Waals surface area contributed by atoms with Gasteiger partial charge in [-0.05, 0) is 35.7 Å². The van der Waals surface area contributed by atoms with Crippen molar-refractivity contribution >= 4 is 23.2 Å². The number of hydrogen-bond acceptors (Lipinski definition) is 3. The summed E-state index contributed by atoms with van der Waals surface area (Å²) in [5.74, 6) is 1.48. The molecule has 134 valence electrons. The largest absolute Gasteiger partial charge is 0.441 e. The van der Waals surface area contributed by atoms with Crippen LogP contribution >= 0.6 is 11.6 Å². The van der Waals surface area contributed by atoms with E-state index in [2.05, 4.69) is 30.2 Å². The van der Waals surface area contributed by atoms with Crippen molar-refractivity contribution in [2.45, 2.75) is 32.6 Å². The summed E-state index contributed by atoms with van der Waals surface area (Å²) < 4.78 is 5.73. The van der Waals surface area contributed by atoms with E-state index in [9.17, 15) is 4.79 Å². The quantitative estimate of drug-likeness (QED) is 0.608. The first-order valence-corrected chi connectivity index (χ1v) is 9.00. The van der Waals surface area contributed by atoms with Crippen LogP contribution in [0, 0.1) is 0 Å². The van der Waals surface area contributed by atoms with E-state index in [0.29, 0.717) is 35.4 Å². The molecule has 0 fully saturated rings. The third-order valence-corrected chi connectivity index (χ3v) is 4.43. The van der Waals surface area contributed by atoms with E-state index in [1.54, 1.807) is 12.3 Å². The fourth-order valence-electron chi connectivity index (χ4n) is 2.63. The standard InChI is InChI=1S/C21H21ClN2O2/c1-14(2)15-6-5-7-16(12-15)24-20(25)10-11-21-23-13-19(26-21)17-8-3-4-9-18(17)22/h3-9,12-14H,10-11H2,1-2H3,(H,24,25). The molecule has 4 nitrogen and oxygen atoms in total. The molecule has 1 heterocycles. The first kappa shape index (κ1) is 18.2. The van der Waals surface area contributed by atoms with Crippen LogP contribution in [0.25, 0.3) is 11.3 Å². The summed E-state index contributed by atoms with van der Waals surface area (Å²) in [6.07, 6.45) is 2.37. The van der Waals surface area contributed by atoms with Gasteiger partial charge in [-0.2, -0.15) is 0 Å². The molecular formula is C21H21ClN2O2. The van der Waals surface area contributed by atoms with Crippen LogP contribution in [0.2, 0.25) is 5.02 Å². The summed E-state index contributed by atoms with van der Waals surface area (Å²) in [7, 11) is 0. The number of nitrogens with one attached hydrogen (secondary N) is 1. The van der Waals surface area contributed by atoms with Gasteiger partial charge in [0.25, 0.3) is 0 Å². The average Bonchev–Trinajstić information content (AvgIpc) is 3.09. The number of amides is 1. The van der Waals surface area contributed by atoms with E-state index in [1.807, 2.05) is 36.4 Å². The Morgan fingerprint density at radius 1 is 1.19 bits per heavy atom. The van der Waals surface area contributed by atoms with Crippen molar-refractivity contribution in [3.05, 3.63) is 71.2 Å². The van der Waals surface area contributed by atoms with Crippen LogP contribution in [0.5, 0.6) is 0 Å². The highest BCUT2D eigenvalue weighted by Gasteiger charge is 2.11. The Balaban J connectivity index is 1.59. The van der Waals surface area contributed by atoms with Crippen LogP contribution in [0.4, 0.5) is 5.69 Å². The van der Waals surface area contributed by atoms with Gasteiger partial charge in [0.2, 0.25) is 5.91 Å². The fraction of sp³-hybridized carbons (Fsp3) is 0.238. The van der Waals surface area contributed by atoms with Crippen molar-refractivity contribution in [2.75, 3.05) is 5.32 Å². The molecule has 0 unspecified atom stereocenters. The van der Waals surface area contributed by atoms with Crippen molar-refractivity contribution in [1.29, 1.82) is 0 Å². The van der Waals surface area contributed by atoms with Gasteiger partial charge in [0.15, 0.2) is 11.7 Å². The molecule has 5 heteroatoms. The highest BCUT2D eigenvalue weighted by Crippen LogP contribution is 2.28. The number of benzene rings is 2. The van der Waals surface area contributed by atoms with Gasteiger partial charge < -0.3 is 9.73 Å². The second-order valence-corrected chi connectivity index (χ2v) is 6.83. The molecule has 0 bridgehead atoms. The lowest BCUT2D eigenvalue weighted by molar-refractivity contribution is -0.116. The summed E-state index contributed by atoms with van der Waals surface area (Å²) >= 11 is 6.17. The predicted molar refractivity (Wildman–Crippen MR) is 104 cm³/mol. The smallest absolute Gasteiger partial charge is 0.224 e. The number of rotatable bonds is 6. The van der Waals surface area contributed by atoms with Gasteiger partial charge in [0.1, 0.15) is 0 Å². The molecule has 0 aliphatic carbocycles. The molecule has 0 saturated heterocycles. The monoisotopic (exact) mass is 368 g/mol. The number of carbonyl (C=O) groups is 1. The molecule has 1 N–H and O–H groups in total. The van der Waals surface area contributed by atoms with Gasteiger partial charge in [-0.25, -0.2) is 4.98 Å². The molecule has 26 heavy (non-hydrogen) atoms. The van der Waals surface area contributed by atoms with Gasteiger partial charge in [-0.15, -0.1) is 0 Å². The van der Waals surface area contributed by atoms with E-state index in [4.69, 9.17) is 16.0 Å². The van der Waals surface area contributed by atoms with Crippen LogP contribution in [0.1, 0.15) is 37.6 Å². The lowest BCUT2D eigenvalue weighted by atomic mass is 10.0. The second kappa shape index (κ2) is 8.19. The average molecular weight is 369 g/mol. The number of anilines is 1. The maximum Gasteiger partial charge on any atom is 0.224 e. The van der Waals surface area contributed by atoms with Gasteiger partial charge in [-0.1, -0.05) is 49.7 Å². The van der Waals surface area contributed by atoms with E-state index in [1.165, 1.54) is 5.56 Å². The van der Waals surface area contributed by atoms with Gasteiger partial charge >= 0.3 is 0 Å². The summed E-state index contributed by atoms with van der Waals surface area (Å²) in [4.78, 5) is 16.4. The lowest BCUT2D eigenvalue weighted by Crippen LogP contribution is -2.12. The summed E-state index contributed by atoms with van der Waals surface area (Å²) in [6, 6.07) is 15.3. The van der Waals surface area contributed by atoms with E-state index in [-0.39, 0.29) is 5.91 Å². The van der Waals surface area contributed by atoms with Crippen LogP contribution in [-0.2, 0) is 11.2 Å². The Morgan fingerprint density at radius 2 is 2.00 bits per heavy atom. The molecule has 3 rings (SSSR count). The summed E-state index contributed by atoms with van der Waals surface area (Å²) in [5.41, 5.74) is 2.80. The van der Waals surface area contributed by atoms with Crippen molar-refractivity contribution < 1.29 is 9.21 Å². The highest BCUT2D eigenvalue weighted by atomic mass is 35.5. The summed E-state index contributed by atoms with van der Waals surface area (Å²) in [5, 5.41) is 3.53. The third kappa shape index (κ3) is 4.52. The highest BCUT2D eigenvalue weighted by molar-refractivity contribution is 6.33. The van der Waals surface area contributed by atoms with E-state index < -0.39 is 0 Å². The zero-order valence-corrected chi connectivity index (χ0v) is 15.6. The Bertz CT molecular complexity index is 902. The molecule has 0 saturated carbocycles. The molecular weight excluding hydrogens is 348 g/mol. The van der Waals surface area contributed by atoms with Gasteiger partial charge in [-0.3, -0.25) is 4.79 Å². The van der Waals surface area contributed by atoms with Crippen LogP contribution in [-0.4, -0.2) is 10.9 Å². The minimum absolute atomic E-state index is 0.0663. The SMILES string of the molecule is CC(C)c1cccc(NC(=O)CCc2ncc(-c3ccccc3Cl)o2)c1. The van der Waals surface area contributed by atoms with Crippen molar-refractivity contribution in [3.63, 3.8) is 0 Å². The van der Waals surface area contributed by atoms with Gasteiger partial charge in [0, 0.05) is 24.1 Å². The molecule has 2 aromatic carbocycles. The molecule has 0 atom stereocenters. The maximum atomic E-state index is 12.2. The van der Waals surface area contributed by atoms with E-state index >= 15 is 0 Å². The normalized spacial score (nSPS) is 10.9. The molecule has 0 aliphatic heterocycles. The maximum absolute atomic E-state index is 12.2. The Kier molecular flexibility index (Phi) is 5.74. The molecule has 3 aromatic rings. The number of aromatic nitrogens is 1. The number of oxazole rings is 1. The van der Waals surface area contributed by atoms with E-state index in [0.717, 1.165) is 11.3 Å².